The van der Waals surface area contributed by atoms with Crippen LogP contribution in [0.5, 0.6) is 0 Å². The van der Waals surface area contributed by atoms with Crippen molar-refractivity contribution in [1.82, 2.24) is 19.9 Å². The van der Waals surface area contributed by atoms with Gasteiger partial charge >= 0.3 is 0 Å². The van der Waals surface area contributed by atoms with E-state index in [4.69, 9.17) is 11.5 Å². The molecule has 0 saturated carbocycles. The zero-order valence-electron chi connectivity index (χ0n) is 14.3. The first-order chi connectivity index (χ1) is 12.0. The molecule has 1 fully saturated rings. The number of aromatic nitrogens is 3. The summed E-state index contributed by atoms with van der Waals surface area (Å²) in [5.74, 6) is 0.796. The highest BCUT2D eigenvalue weighted by atomic mass is 16.1. The lowest BCUT2D eigenvalue weighted by atomic mass is 9.97. The van der Waals surface area contributed by atoms with E-state index in [1.165, 1.54) is 5.56 Å². The number of carbonyl (C=O) groups excluding carboxylic acids is 1. The molecule has 1 amide bonds. The topological polar surface area (TPSA) is 123 Å². The van der Waals surface area contributed by atoms with Gasteiger partial charge in [-0.25, -0.2) is 0 Å². The van der Waals surface area contributed by atoms with Gasteiger partial charge in [-0.05, 0) is 38.4 Å². The van der Waals surface area contributed by atoms with E-state index in [2.05, 4.69) is 25.2 Å². The van der Waals surface area contributed by atoms with Gasteiger partial charge in [0.1, 0.15) is 5.82 Å². The van der Waals surface area contributed by atoms with Crippen LogP contribution in [0.2, 0.25) is 0 Å². The first-order valence-corrected chi connectivity index (χ1v) is 8.35. The number of carbonyl (C=O) groups is 1. The molecule has 0 bridgehead atoms. The molecule has 1 aliphatic heterocycles. The number of nitrogens with zero attached hydrogens (tertiary/aromatic N) is 4. The number of nitrogens with one attached hydrogen (secondary N) is 1. The van der Waals surface area contributed by atoms with E-state index in [0.717, 1.165) is 25.1 Å². The summed E-state index contributed by atoms with van der Waals surface area (Å²) < 4.78 is 0. The number of benzene rings is 1. The number of piperidine rings is 1. The molecule has 8 heteroatoms. The molecule has 3 rings (SSSR count). The average Bonchev–Trinajstić information content (AvgIpc) is 2.57. The molecule has 0 unspecified atom stereocenters. The predicted octanol–water partition coefficient (Wildman–Crippen LogP) is 1.20. The van der Waals surface area contributed by atoms with Crippen LogP contribution in [0.3, 0.4) is 0 Å². The molecule has 25 heavy (non-hydrogen) atoms. The van der Waals surface area contributed by atoms with Crippen molar-refractivity contribution in [3.63, 3.8) is 0 Å². The average molecular weight is 341 g/mol. The standard InChI is InChI=1S/C17H23N7O/c1-11-4-6-13(7-5-11)20-17-22-14(21-16(19)23-17)10-24-8-2-3-12(9-24)15(18)25/h4-7,12H,2-3,8-10H2,1H3,(H2,18,25)(H3,19,20,21,22,23)/t12-/m1/s1. The Morgan fingerprint density at radius 3 is 2.76 bits per heavy atom. The van der Waals surface area contributed by atoms with Crippen LogP contribution in [0.4, 0.5) is 17.6 Å². The van der Waals surface area contributed by atoms with Crippen molar-refractivity contribution in [1.29, 1.82) is 0 Å². The molecule has 2 aromatic rings. The van der Waals surface area contributed by atoms with Gasteiger partial charge in [0.2, 0.25) is 17.8 Å². The lowest BCUT2D eigenvalue weighted by Gasteiger charge is -2.30. The van der Waals surface area contributed by atoms with Crippen molar-refractivity contribution in [3.05, 3.63) is 35.7 Å². The lowest BCUT2D eigenvalue weighted by molar-refractivity contribution is -0.123. The second-order valence-corrected chi connectivity index (χ2v) is 6.40. The molecule has 0 aliphatic carbocycles. The molecular weight excluding hydrogens is 318 g/mol. The summed E-state index contributed by atoms with van der Waals surface area (Å²) in [6.07, 6.45) is 1.77. The zero-order chi connectivity index (χ0) is 17.8. The number of rotatable bonds is 5. The van der Waals surface area contributed by atoms with Crippen molar-refractivity contribution < 1.29 is 4.79 Å². The first-order valence-electron chi connectivity index (χ1n) is 8.35. The van der Waals surface area contributed by atoms with Crippen molar-refractivity contribution in [2.24, 2.45) is 11.7 Å². The van der Waals surface area contributed by atoms with E-state index < -0.39 is 0 Å². The van der Waals surface area contributed by atoms with Gasteiger partial charge in [-0.15, -0.1) is 0 Å². The summed E-state index contributed by atoms with van der Waals surface area (Å²) in [5.41, 5.74) is 13.3. The third kappa shape index (κ3) is 4.63. The van der Waals surface area contributed by atoms with Crippen molar-refractivity contribution in [3.8, 4) is 0 Å². The minimum absolute atomic E-state index is 0.113. The van der Waals surface area contributed by atoms with Crippen LogP contribution in [0.15, 0.2) is 24.3 Å². The molecule has 1 aromatic heterocycles. The molecule has 8 nitrogen and oxygen atoms in total. The third-order valence-electron chi connectivity index (χ3n) is 4.28. The first kappa shape index (κ1) is 17.1. The maximum absolute atomic E-state index is 11.4. The summed E-state index contributed by atoms with van der Waals surface area (Å²) in [5, 5.41) is 3.14. The fourth-order valence-electron chi connectivity index (χ4n) is 2.96. The van der Waals surface area contributed by atoms with E-state index in [0.29, 0.717) is 24.9 Å². The summed E-state index contributed by atoms with van der Waals surface area (Å²) in [6, 6.07) is 7.92. The molecule has 2 heterocycles. The fraction of sp³-hybridized carbons (Fsp3) is 0.412. The van der Waals surface area contributed by atoms with Crippen molar-refractivity contribution >= 4 is 23.5 Å². The third-order valence-corrected chi connectivity index (χ3v) is 4.28. The number of hydrogen-bond donors (Lipinski definition) is 3. The van der Waals surface area contributed by atoms with Crippen LogP contribution < -0.4 is 16.8 Å². The molecule has 0 spiro atoms. The Kier molecular flexibility index (Phi) is 5.08. The molecule has 132 valence electrons. The number of hydrogen-bond acceptors (Lipinski definition) is 7. The van der Waals surface area contributed by atoms with Crippen molar-refractivity contribution in [2.45, 2.75) is 26.3 Å². The minimum Gasteiger partial charge on any atom is -0.369 e. The number of amides is 1. The Morgan fingerprint density at radius 2 is 2.04 bits per heavy atom. The van der Waals surface area contributed by atoms with Gasteiger partial charge in [0.05, 0.1) is 12.5 Å². The zero-order valence-corrected chi connectivity index (χ0v) is 14.3. The summed E-state index contributed by atoms with van der Waals surface area (Å²) in [6.45, 7) is 4.05. The second-order valence-electron chi connectivity index (χ2n) is 6.40. The van der Waals surface area contributed by atoms with Gasteiger partial charge in [-0.3, -0.25) is 9.69 Å². The van der Waals surface area contributed by atoms with Crippen LogP contribution in [0.25, 0.3) is 0 Å². The van der Waals surface area contributed by atoms with E-state index in [9.17, 15) is 4.79 Å². The molecule has 1 atom stereocenters. The fourth-order valence-corrected chi connectivity index (χ4v) is 2.96. The largest absolute Gasteiger partial charge is 0.369 e. The van der Waals surface area contributed by atoms with Crippen LogP contribution in [0.1, 0.15) is 24.2 Å². The van der Waals surface area contributed by atoms with Gasteiger partial charge in [-0.1, -0.05) is 17.7 Å². The number of nitrogens with two attached hydrogens (primary N) is 2. The highest BCUT2D eigenvalue weighted by Gasteiger charge is 2.24. The Labute approximate surface area is 146 Å². The van der Waals surface area contributed by atoms with E-state index in [-0.39, 0.29) is 17.8 Å². The van der Waals surface area contributed by atoms with Crippen LogP contribution in [0, 0.1) is 12.8 Å². The Balaban J connectivity index is 1.70. The smallest absolute Gasteiger partial charge is 0.232 e. The van der Waals surface area contributed by atoms with Gasteiger partial charge in [0.15, 0.2) is 0 Å². The second kappa shape index (κ2) is 7.43. The van der Waals surface area contributed by atoms with E-state index in [1.54, 1.807) is 0 Å². The summed E-state index contributed by atoms with van der Waals surface area (Å²) in [7, 11) is 0. The quantitative estimate of drug-likeness (QED) is 0.746. The Bertz CT molecular complexity index is 747. The van der Waals surface area contributed by atoms with Crippen molar-refractivity contribution in [2.75, 3.05) is 24.1 Å². The number of likely N-dealkylation sites (tertiary alicyclic amines) is 1. The number of aryl methyl sites for hydroxylation is 1. The minimum atomic E-state index is -0.249. The Hall–Kier alpha value is -2.74. The molecular formula is C17H23N7O. The van der Waals surface area contributed by atoms with E-state index in [1.807, 2.05) is 31.2 Å². The number of nitrogen functional groups attached to an aromatic ring is 1. The normalized spacial score (nSPS) is 18.0. The van der Waals surface area contributed by atoms with Gasteiger partial charge in [0.25, 0.3) is 0 Å². The lowest BCUT2D eigenvalue weighted by Crippen LogP contribution is -2.41. The summed E-state index contributed by atoms with van der Waals surface area (Å²) in [4.78, 5) is 26.3. The molecule has 0 radical (unpaired) electrons. The molecule has 1 saturated heterocycles. The van der Waals surface area contributed by atoms with Crippen LogP contribution in [-0.2, 0) is 11.3 Å². The highest BCUT2D eigenvalue weighted by Crippen LogP contribution is 2.19. The number of primary amides is 1. The maximum Gasteiger partial charge on any atom is 0.232 e. The molecule has 5 N–H and O–H groups in total. The summed E-state index contributed by atoms with van der Waals surface area (Å²) >= 11 is 0. The maximum atomic E-state index is 11.4. The SMILES string of the molecule is Cc1ccc(Nc2nc(N)nc(CN3CCC[C@@H](C(N)=O)C3)n2)cc1. The molecule has 1 aliphatic rings. The predicted molar refractivity (Wildman–Crippen MR) is 95.9 cm³/mol. The van der Waals surface area contributed by atoms with Crippen LogP contribution >= 0.6 is 0 Å². The van der Waals surface area contributed by atoms with Gasteiger partial charge < -0.3 is 16.8 Å². The molecule has 1 aromatic carbocycles. The Morgan fingerprint density at radius 1 is 1.28 bits per heavy atom. The monoisotopic (exact) mass is 341 g/mol. The highest BCUT2D eigenvalue weighted by molar-refractivity contribution is 5.76. The van der Waals surface area contributed by atoms with Crippen LogP contribution in [-0.4, -0.2) is 38.8 Å². The number of anilines is 3. The van der Waals surface area contributed by atoms with E-state index >= 15 is 0 Å². The van der Waals surface area contributed by atoms with Gasteiger partial charge in [-0.2, -0.15) is 15.0 Å². The van der Waals surface area contributed by atoms with Gasteiger partial charge in [0, 0.05) is 12.2 Å².